The van der Waals surface area contributed by atoms with Crippen LogP contribution in [0.25, 0.3) is 11.1 Å². The fourth-order valence-electron chi connectivity index (χ4n) is 3.65. The van der Waals surface area contributed by atoms with Gasteiger partial charge in [-0.25, -0.2) is 12.8 Å². The lowest BCUT2D eigenvalue weighted by Gasteiger charge is -2.13. The molecular weight excluding hydrogens is 451 g/mol. The number of nitrogens with one attached hydrogen (secondary N) is 1. The number of Topliss-reactive ketones (excluding diaryl/α,β-unsaturated/α-hetero) is 1. The van der Waals surface area contributed by atoms with E-state index in [2.05, 4.69) is 9.71 Å². The van der Waals surface area contributed by atoms with E-state index < -0.39 is 15.8 Å². The first-order chi connectivity index (χ1) is 16.4. The van der Waals surface area contributed by atoms with Crippen molar-refractivity contribution in [1.82, 2.24) is 4.98 Å². The van der Waals surface area contributed by atoms with Gasteiger partial charge in [-0.2, -0.15) is 0 Å². The van der Waals surface area contributed by atoms with Crippen molar-refractivity contribution in [1.29, 1.82) is 0 Å². The first kappa shape index (κ1) is 23.3. The lowest BCUT2D eigenvalue weighted by atomic mass is 10.0. The summed E-state index contributed by atoms with van der Waals surface area (Å²) in [5.41, 5.74) is 2.56. The average molecular weight is 475 g/mol. The number of halogens is 1. The van der Waals surface area contributed by atoms with E-state index in [1.54, 1.807) is 36.7 Å². The Morgan fingerprint density at radius 3 is 2.41 bits per heavy atom. The molecule has 0 aliphatic rings. The van der Waals surface area contributed by atoms with E-state index in [0.29, 0.717) is 12.0 Å². The van der Waals surface area contributed by atoms with Crippen LogP contribution in [0.1, 0.15) is 17.5 Å². The molecule has 34 heavy (non-hydrogen) atoms. The lowest BCUT2D eigenvalue weighted by Crippen LogP contribution is -2.14. The van der Waals surface area contributed by atoms with Crippen molar-refractivity contribution in [2.45, 2.75) is 24.2 Å². The molecule has 4 aromatic rings. The van der Waals surface area contributed by atoms with Gasteiger partial charge < -0.3 is 0 Å². The van der Waals surface area contributed by atoms with E-state index >= 15 is 0 Å². The molecule has 0 bridgehead atoms. The fourth-order valence-corrected chi connectivity index (χ4v) is 4.93. The molecule has 0 amide bonds. The average Bonchev–Trinajstić information content (AvgIpc) is 2.85. The summed E-state index contributed by atoms with van der Waals surface area (Å²) in [5.74, 6) is -0.737. The normalized spacial score (nSPS) is 11.2. The quantitative estimate of drug-likeness (QED) is 0.351. The van der Waals surface area contributed by atoms with E-state index in [1.807, 2.05) is 36.4 Å². The zero-order valence-corrected chi connectivity index (χ0v) is 19.1. The van der Waals surface area contributed by atoms with Gasteiger partial charge in [0.25, 0.3) is 10.0 Å². The summed E-state index contributed by atoms with van der Waals surface area (Å²) in [6.45, 7) is 0. The number of benzene rings is 3. The number of carbonyl (C=O) groups is 1. The molecule has 3 aromatic carbocycles. The minimum absolute atomic E-state index is 0.0596. The molecule has 0 spiro atoms. The largest absolute Gasteiger partial charge is 0.299 e. The third-order valence-electron chi connectivity index (χ3n) is 5.37. The number of ketones is 1. The van der Waals surface area contributed by atoms with Crippen molar-refractivity contribution in [3.63, 3.8) is 0 Å². The van der Waals surface area contributed by atoms with Crippen LogP contribution in [0.2, 0.25) is 0 Å². The summed E-state index contributed by atoms with van der Waals surface area (Å²) in [4.78, 5) is 16.4. The van der Waals surface area contributed by atoms with Gasteiger partial charge in [-0.1, -0.05) is 60.7 Å². The summed E-state index contributed by atoms with van der Waals surface area (Å²) in [6.07, 6.45) is 4.11. The van der Waals surface area contributed by atoms with Crippen molar-refractivity contribution in [3.8, 4) is 11.1 Å². The highest BCUT2D eigenvalue weighted by Crippen LogP contribution is 2.29. The number of rotatable bonds is 9. The molecule has 0 fully saturated rings. The third kappa shape index (κ3) is 5.74. The Morgan fingerprint density at radius 2 is 1.68 bits per heavy atom. The molecule has 0 aliphatic heterocycles. The van der Waals surface area contributed by atoms with Gasteiger partial charge in [0.1, 0.15) is 11.6 Å². The summed E-state index contributed by atoms with van der Waals surface area (Å²) < 4.78 is 43.3. The number of carbonyl (C=O) groups excluding carboxylic acids is 1. The van der Waals surface area contributed by atoms with E-state index in [4.69, 9.17) is 0 Å². The van der Waals surface area contributed by atoms with Crippen LogP contribution in [0.15, 0.2) is 102 Å². The van der Waals surface area contributed by atoms with Crippen molar-refractivity contribution in [3.05, 3.63) is 114 Å². The molecule has 1 N–H and O–H groups in total. The van der Waals surface area contributed by atoms with Crippen LogP contribution in [-0.2, 0) is 27.7 Å². The molecular formula is C27H23FN2O3S. The van der Waals surface area contributed by atoms with Crippen molar-refractivity contribution in [2.75, 3.05) is 4.72 Å². The van der Waals surface area contributed by atoms with Gasteiger partial charge in [0, 0.05) is 30.8 Å². The number of hydrogen-bond acceptors (Lipinski definition) is 4. The summed E-state index contributed by atoms with van der Waals surface area (Å²) >= 11 is 0. The topological polar surface area (TPSA) is 76.1 Å². The molecule has 1 heterocycles. The summed E-state index contributed by atoms with van der Waals surface area (Å²) in [6, 6.07) is 23.5. The van der Waals surface area contributed by atoms with Crippen LogP contribution >= 0.6 is 0 Å². The third-order valence-corrected chi connectivity index (χ3v) is 6.81. The maximum Gasteiger partial charge on any atom is 0.262 e. The maximum atomic E-state index is 14.7. The van der Waals surface area contributed by atoms with Gasteiger partial charge in [0.05, 0.1) is 10.6 Å². The molecule has 0 radical (unpaired) electrons. The monoisotopic (exact) mass is 474 g/mol. The Kier molecular flexibility index (Phi) is 7.13. The molecule has 0 aliphatic carbocycles. The van der Waals surface area contributed by atoms with Crippen molar-refractivity contribution >= 4 is 21.5 Å². The number of pyridine rings is 1. The maximum absolute atomic E-state index is 14.7. The molecule has 0 unspecified atom stereocenters. The molecule has 0 atom stereocenters. The van der Waals surface area contributed by atoms with Gasteiger partial charge in [-0.05, 0) is 47.4 Å². The van der Waals surface area contributed by atoms with Crippen LogP contribution < -0.4 is 4.72 Å². The predicted octanol–water partition coefficient (Wildman–Crippen LogP) is 5.43. The number of hydrogen-bond donors (Lipinski definition) is 1. The highest BCUT2D eigenvalue weighted by atomic mass is 32.2. The minimum Gasteiger partial charge on any atom is -0.299 e. The van der Waals surface area contributed by atoms with Gasteiger partial charge in [-0.3, -0.25) is 14.5 Å². The number of aryl methyl sites for hydroxylation is 1. The molecule has 5 nitrogen and oxygen atoms in total. The van der Waals surface area contributed by atoms with Gasteiger partial charge in [0.15, 0.2) is 0 Å². The predicted molar refractivity (Wildman–Crippen MR) is 130 cm³/mol. The molecule has 1 aromatic heterocycles. The number of nitrogens with zero attached hydrogens (tertiary/aromatic N) is 1. The Morgan fingerprint density at radius 1 is 0.912 bits per heavy atom. The van der Waals surface area contributed by atoms with Gasteiger partial charge >= 0.3 is 0 Å². The smallest absolute Gasteiger partial charge is 0.262 e. The number of anilines is 1. The van der Waals surface area contributed by atoms with Crippen LogP contribution in [-0.4, -0.2) is 19.2 Å². The van der Waals surface area contributed by atoms with Crippen LogP contribution in [0.4, 0.5) is 10.1 Å². The first-order valence-corrected chi connectivity index (χ1v) is 12.3. The zero-order chi connectivity index (χ0) is 24.0. The number of sulfonamides is 1. The zero-order valence-electron chi connectivity index (χ0n) is 18.3. The Labute approximate surface area is 198 Å². The second-order valence-electron chi connectivity index (χ2n) is 7.85. The van der Waals surface area contributed by atoms with Crippen molar-refractivity contribution in [2.24, 2.45) is 0 Å². The SMILES string of the molecule is O=C(CCc1cccnc1)Cc1ccc(NS(=O)(=O)c2ccccc2-c2ccccc2)cc1F. The Bertz CT molecular complexity index is 1390. The minimum atomic E-state index is -3.97. The van der Waals surface area contributed by atoms with Crippen molar-refractivity contribution < 1.29 is 17.6 Å². The summed E-state index contributed by atoms with van der Waals surface area (Å²) in [7, 11) is -3.97. The second kappa shape index (κ2) is 10.4. The highest BCUT2D eigenvalue weighted by Gasteiger charge is 2.20. The highest BCUT2D eigenvalue weighted by molar-refractivity contribution is 7.92. The van der Waals surface area contributed by atoms with Crippen LogP contribution in [0, 0.1) is 5.82 Å². The van der Waals surface area contributed by atoms with E-state index in [9.17, 15) is 17.6 Å². The van der Waals surface area contributed by atoms with E-state index in [1.165, 1.54) is 18.2 Å². The molecule has 7 heteroatoms. The Balaban J connectivity index is 1.47. The molecule has 4 rings (SSSR count). The number of aromatic nitrogens is 1. The van der Waals surface area contributed by atoms with Gasteiger partial charge in [-0.15, -0.1) is 0 Å². The molecule has 172 valence electrons. The fraction of sp³-hybridized carbons (Fsp3) is 0.111. The van der Waals surface area contributed by atoms with Crippen LogP contribution in [0.3, 0.4) is 0 Å². The summed E-state index contributed by atoms with van der Waals surface area (Å²) in [5, 5.41) is 0. The van der Waals surface area contributed by atoms with E-state index in [-0.39, 0.29) is 34.8 Å². The molecule has 0 saturated carbocycles. The first-order valence-electron chi connectivity index (χ1n) is 10.8. The van der Waals surface area contributed by atoms with Gasteiger partial charge in [0.2, 0.25) is 0 Å². The van der Waals surface area contributed by atoms with E-state index in [0.717, 1.165) is 17.2 Å². The Hall–Kier alpha value is -3.84. The molecule has 0 saturated heterocycles. The lowest BCUT2D eigenvalue weighted by molar-refractivity contribution is -0.118. The standard InChI is InChI=1S/C27H23FN2O3S/c28-26-18-23(14-13-22(26)17-24(31)15-12-20-7-6-16-29-19-20)30-34(32,33)27-11-5-4-10-25(27)21-8-2-1-3-9-21/h1-11,13-14,16,18-19,30H,12,15,17H2. The second-order valence-corrected chi connectivity index (χ2v) is 9.50. The van der Waals surface area contributed by atoms with Crippen LogP contribution in [0.5, 0.6) is 0 Å².